The number of amides is 4. The molecule has 1 aromatic heterocycles. The Balaban J connectivity index is 2.06. The molecule has 1 aromatic carbocycles. The van der Waals surface area contributed by atoms with Gasteiger partial charge in [0.2, 0.25) is 0 Å². The lowest BCUT2D eigenvalue weighted by molar-refractivity contribution is -0.122. The summed E-state index contributed by atoms with van der Waals surface area (Å²) in [7, 11) is 0. The Kier molecular flexibility index (Phi) is 4.46. The van der Waals surface area contributed by atoms with Crippen LogP contribution in [0, 0.1) is 10.7 Å². The highest BCUT2D eigenvalue weighted by molar-refractivity contribution is 14.1. The summed E-state index contributed by atoms with van der Waals surface area (Å²) in [5.41, 5.74) is 0.682. The van der Waals surface area contributed by atoms with Gasteiger partial charge in [0.15, 0.2) is 3.77 Å². The van der Waals surface area contributed by atoms with Crippen LogP contribution < -0.4 is 10.2 Å². The SMILES string of the molecule is Cc1c(Cl)cccc1N1C(=O)NC(=O)/C(=C\c2ccc(I)o2)C1=O. The van der Waals surface area contributed by atoms with Gasteiger partial charge in [-0.05, 0) is 65.4 Å². The zero-order valence-electron chi connectivity index (χ0n) is 12.3. The first-order valence-electron chi connectivity index (χ1n) is 6.80. The van der Waals surface area contributed by atoms with Crippen molar-refractivity contribution in [1.29, 1.82) is 0 Å². The number of urea groups is 1. The van der Waals surface area contributed by atoms with Gasteiger partial charge in [-0.3, -0.25) is 14.9 Å². The summed E-state index contributed by atoms with van der Waals surface area (Å²) in [4.78, 5) is 37.8. The van der Waals surface area contributed by atoms with Crippen LogP contribution in [0.2, 0.25) is 5.02 Å². The van der Waals surface area contributed by atoms with Gasteiger partial charge in [0, 0.05) is 5.02 Å². The molecule has 1 N–H and O–H groups in total. The minimum absolute atomic E-state index is 0.195. The van der Waals surface area contributed by atoms with Gasteiger partial charge in [-0.1, -0.05) is 17.7 Å². The predicted molar refractivity (Wildman–Crippen MR) is 96.6 cm³/mol. The van der Waals surface area contributed by atoms with Gasteiger partial charge < -0.3 is 4.42 Å². The number of rotatable bonds is 2. The molecule has 2 heterocycles. The second-order valence-electron chi connectivity index (χ2n) is 4.98. The van der Waals surface area contributed by atoms with E-state index in [2.05, 4.69) is 5.32 Å². The maximum absolute atomic E-state index is 12.7. The van der Waals surface area contributed by atoms with Crippen molar-refractivity contribution >= 4 is 63.8 Å². The number of anilines is 1. The van der Waals surface area contributed by atoms with E-state index in [1.165, 1.54) is 6.08 Å². The molecule has 4 amide bonds. The number of hydrogen-bond donors (Lipinski definition) is 1. The number of carbonyl (C=O) groups excluding carboxylic acids is 3. The molecule has 2 aromatic rings. The van der Waals surface area contributed by atoms with Crippen molar-refractivity contribution in [2.24, 2.45) is 0 Å². The second-order valence-corrected chi connectivity index (χ2v) is 6.45. The summed E-state index contributed by atoms with van der Waals surface area (Å²) in [6, 6.07) is 7.37. The van der Waals surface area contributed by atoms with Gasteiger partial charge in [0.1, 0.15) is 11.3 Å². The van der Waals surface area contributed by atoms with Gasteiger partial charge in [-0.15, -0.1) is 0 Å². The average molecular weight is 457 g/mol. The highest BCUT2D eigenvalue weighted by Gasteiger charge is 2.37. The van der Waals surface area contributed by atoms with Crippen LogP contribution in [0.5, 0.6) is 0 Å². The summed E-state index contributed by atoms with van der Waals surface area (Å²) in [6.07, 6.45) is 1.30. The Morgan fingerprint density at radius 3 is 2.62 bits per heavy atom. The third-order valence-corrected chi connectivity index (χ3v) is 4.45. The summed E-state index contributed by atoms with van der Waals surface area (Å²) in [5.74, 6) is -1.16. The van der Waals surface area contributed by atoms with Gasteiger partial charge >= 0.3 is 6.03 Å². The maximum Gasteiger partial charge on any atom is 0.335 e. The van der Waals surface area contributed by atoms with E-state index in [1.54, 1.807) is 37.3 Å². The smallest absolute Gasteiger partial charge is 0.335 e. The minimum atomic E-state index is -0.818. The van der Waals surface area contributed by atoms with Crippen molar-refractivity contribution in [1.82, 2.24) is 5.32 Å². The topological polar surface area (TPSA) is 79.6 Å². The molecule has 1 saturated heterocycles. The Morgan fingerprint density at radius 2 is 1.96 bits per heavy atom. The standard InChI is InChI=1S/C16H10ClIN2O4/c1-8-11(17)3-2-4-12(8)20-15(22)10(14(21)19-16(20)23)7-9-5-6-13(18)24-9/h2-7H,1H3,(H,19,21,23)/b10-7+. The van der Waals surface area contributed by atoms with Crippen LogP contribution in [0.4, 0.5) is 10.5 Å². The van der Waals surface area contributed by atoms with Gasteiger partial charge in [0.05, 0.1) is 5.69 Å². The molecular formula is C16H10ClIN2O4. The molecule has 0 aliphatic carbocycles. The molecule has 0 spiro atoms. The Labute approximate surface area is 155 Å². The fourth-order valence-electron chi connectivity index (χ4n) is 2.26. The molecule has 122 valence electrons. The van der Waals surface area contributed by atoms with E-state index < -0.39 is 17.8 Å². The van der Waals surface area contributed by atoms with E-state index >= 15 is 0 Å². The first kappa shape index (κ1) is 16.7. The number of barbiturate groups is 1. The molecule has 1 aliphatic rings. The number of benzene rings is 1. The Morgan fingerprint density at radius 1 is 1.21 bits per heavy atom. The first-order chi connectivity index (χ1) is 11.4. The Hall–Kier alpha value is -2.13. The van der Waals surface area contributed by atoms with Crippen molar-refractivity contribution < 1.29 is 18.8 Å². The summed E-state index contributed by atoms with van der Waals surface area (Å²) in [6.45, 7) is 1.69. The molecule has 6 nitrogen and oxygen atoms in total. The van der Waals surface area contributed by atoms with Crippen LogP contribution in [0.1, 0.15) is 11.3 Å². The molecule has 0 atom stereocenters. The molecule has 8 heteroatoms. The molecule has 3 rings (SSSR count). The summed E-state index contributed by atoms with van der Waals surface area (Å²) >= 11 is 8.03. The molecular weight excluding hydrogens is 447 g/mol. The monoisotopic (exact) mass is 456 g/mol. The zero-order valence-corrected chi connectivity index (χ0v) is 15.2. The Bertz CT molecular complexity index is 903. The quantitative estimate of drug-likeness (QED) is 0.426. The van der Waals surface area contributed by atoms with Crippen LogP contribution >= 0.6 is 34.2 Å². The number of furan rings is 1. The lowest BCUT2D eigenvalue weighted by Gasteiger charge is -2.27. The number of nitrogens with zero attached hydrogens (tertiary/aromatic N) is 1. The molecule has 0 bridgehead atoms. The van der Waals surface area contributed by atoms with Gasteiger partial charge in [-0.2, -0.15) is 0 Å². The number of nitrogens with one attached hydrogen (secondary N) is 1. The molecule has 1 aliphatic heterocycles. The molecule has 24 heavy (non-hydrogen) atoms. The lowest BCUT2D eigenvalue weighted by Crippen LogP contribution is -2.54. The van der Waals surface area contributed by atoms with E-state index in [9.17, 15) is 14.4 Å². The molecule has 0 saturated carbocycles. The number of halogens is 2. The van der Waals surface area contributed by atoms with Crippen LogP contribution in [0.15, 0.2) is 40.3 Å². The van der Waals surface area contributed by atoms with Gasteiger partial charge in [0.25, 0.3) is 11.8 Å². The van der Waals surface area contributed by atoms with Crippen molar-refractivity contribution in [3.63, 3.8) is 0 Å². The van der Waals surface area contributed by atoms with Crippen molar-refractivity contribution in [3.05, 3.63) is 56.0 Å². The van der Waals surface area contributed by atoms with E-state index in [0.29, 0.717) is 25.8 Å². The average Bonchev–Trinajstić information content (AvgIpc) is 2.93. The van der Waals surface area contributed by atoms with E-state index in [4.69, 9.17) is 16.0 Å². The predicted octanol–water partition coefficient (Wildman–Crippen LogP) is 3.51. The van der Waals surface area contributed by atoms with E-state index in [1.807, 2.05) is 22.6 Å². The van der Waals surface area contributed by atoms with Crippen molar-refractivity contribution in [2.75, 3.05) is 4.90 Å². The maximum atomic E-state index is 12.7. The molecule has 0 radical (unpaired) electrons. The number of hydrogen-bond acceptors (Lipinski definition) is 4. The van der Waals surface area contributed by atoms with Crippen LogP contribution in [0.25, 0.3) is 6.08 Å². The zero-order chi connectivity index (χ0) is 17.4. The second kappa shape index (κ2) is 6.40. The minimum Gasteiger partial charge on any atom is -0.451 e. The summed E-state index contributed by atoms with van der Waals surface area (Å²) < 4.78 is 5.96. The fourth-order valence-corrected chi connectivity index (χ4v) is 2.87. The van der Waals surface area contributed by atoms with E-state index in [-0.39, 0.29) is 5.57 Å². The summed E-state index contributed by atoms with van der Waals surface area (Å²) in [5, 5.41) is 2.57. The highest BCUT2D eigenvalue weighted by atomic mass is 127. The van der Waals surface area contributed by atoms with E-state index in [0.717, 1.165) is 4.90 Å². The van der Waals surface area contributed by atoms with Crippen LogP contribution in [-0.2, 0) is 9.59 Å². The fraction of sp³-hybridized carbons (Fsp3) is 0.0625. The van der Waals surface area contributed by atoms with Crippen LogP contribution in [0.3, 0.4) is 0 Å². The third kappa shape index (κ3) is 2.96. The third-order valence-electron chi connectivity index (χ3n) is 3.46. The molecule has 0 unspecified atom stereocenters. The van der Waals surface area contributed by atoms with Gasteiger partial charge in [-0.25, -0.2) is 9.69 Å². The van der Waals surface area contributed by atoms with Crippen molar-refractivity contribution in [3.8, 4) is 0 Å². The van der Waals surface area contributed by atoms with Crippen LogP contribution in [-0.4, -0.2) is 17.8 Å². The highest BCUT2D eigenvalue weighted by Crippen LogP contribution is 2.29. The number of carbonyl (C=O) groups is 3. The van der Waals surface area contributed by atoms with Crippen molar-refractivity contribution in [2.45, 2.75) is 6.92 Å². The molecule has 1 fully saturated rings. The number of imide groups is 2. The first-order valence-corrected chi connectivity index (χ1v) is 8.26. The normalized spacial score (nSPS) is 16.7. The lowest BCUT2D eigenvalue weighted by atomic mass is 10.1. The largest absolute Gasteiger partial charge is 0.451 e.